The molecular weight excluding hydrogens is 226 g/mol. The monoisotopic (exact) mass is 247 g/mol. The summed E-state index contributed by atoms with van der Waals surface area (Å²) in [5.41, 5.74) is 0.768. The van der Waals surface area contributed by atoms with E-state index in [0.29, 0.717) is 6.42 Å². The van der Waals surface area contributed by atoms with Gasteiger partial charge in [0, 0.05) is 18.5 Å². The number of carbonyl (C=O) groups excluding carboxylic acids is 1. The van der Waals surface area contributed by atoms with Crippen molar-refractivity contribution in [1.29, 1.82) is 0 Å². The molecule has 1 fully saturated rings. The molecule has 0 N–H and O–H groups in total. The fourth-order valence-electron chi connectivity index (χ4n) is 2.24. The van der Waals surface area contributed by atoms with Gasteiger partial charge in [0.25, 0.3) is 0 Å². The topological polar surface area (TPSA) is 29.5 Å². The molecule has 0 amide bonds. The van der Waals surface area contributed by atoms with E-state index in [-0.39, 0.29) is 5.78 Å². The highest BCUT2D eigenvalue weighted by Crippen LogP contribution is 2.14. The maximum atomic E-state index is 11.5. The minimum absolute atomic E-state index is 0.179. The number of Topliss-reactive ketones (excluding diaryl/α,β-unsaturated/α-hetero) is 1. The number of hydrogen-bond acceptors (Lipinski definition) is 3. The Morgan fingerprint density at radius 3 is 2.50 bits per heavy atom. The minimum Gasteiger partial charge on any atom is -0.492 e. The van der Waals surface area contributed by atoms with Gasteiger partial charge in [-0.3, -0.25) is 9.69 Å². The standard InChI is InChI=1S/C15H21NO2/c1-2-15(17)13-5-7-14(8-6-13)18-12-11-16-9-3-4-10-16/h5-8H,2-4,9-12H2,1H3. The average Bonchev–Trinajstić information content (AvgIpc) is 2.92. The molecule has 0 spiro atoms. The van der Waals surface area contributed by atoms with Gasteiger partial charge in [-0.1, -0.05) is 6.92 Å². The zero-order valence-electron chi connectivity index (χ0n) is 11.0. The summed E-state index contributed by atoms with van der Waals surface area (Å²) in [5, 5.41) is 0. The number of ether oxygens (including phenoxy) is 1. The second-order valence-electron chi connectivity index (χ2n) is 4.70. The first-order chi connectivity index (χ1) is 8.79. The van der Waals surface area contributed by atoms with Crippen LogP contribution in [-0.2, 0) is 0 Å². The van der Waals surface area contributed by atoms with E-state index in [9.17, 15) is 4.79 Å². The summed E-state index contributed by atoms with van der Waals surface area (Å²) in [7, 11) is 0. The van der Waals surface area contributed by atoms with E-state index in [2.05, 4.69) is 4.90 Å². The van der Waals surface area contributed by atoms with Crippen LogP contribution in [0.2, 0.25) is 0 Å². The molecule has 0 aromatic heterocycles. The third kappa shape index (κ3) is 3.57. The second kappa shape index (κ2) is 6.55. The summed E-state index contributed by atoms with van der Waals surface area (Å²) in [5.74, 6) is 1.03. The van der Waals surface area contributed by atoms with Crippen LogP contribution in [0.1, 0.15) is 36.5 Å². The van der Waals surface area contributed by atoms with Crippen molar-refractivity contribution in [2.75, 3.05) is 26.2 Å². The van der Waals surface area contributed by atoms with Crippen LogP contribution in [-0.4, -0.2) is 36.9 Å². The quantitative estimate of drug-likeness (QED) is 0.724. The predicted octanol–water partition coefficient (Wildman–Crippen LogP) is 2.75. The molecule has 1 aliphatic rings. The van der Waals surface area contributed by atoms with Gasteiger partial charge in [0.05, 0.1) is 0 Å². The van der Waals surface area contributed by atoms with E-state index in [1.807, 2.05) is 31.2 Å². The van der Waals surface area contributed by atoms with E-state index in [0.717, 1.165) is 24.5 Å². The van der Waals surface area contributed by atoms with Crippen LogP contribution in [0.4, 0.5) is 0 Å². The van der Waals surface area contributed by atoms with Crippen molar-refractivity contribution >= 4 is 5.78 Å². The van der Waals surface area contributed by atoms with Crippen LogP contribution in [0.5, 0.6) is 5.75 Å². The molecule has 0 aliphatic carbocycles. The molecule has 1 aromatic carbocycles. The molecule has 3 nitrogen and oxygen atoms in total. The van der Waals surface area contributed by atoms with Crippen LogP contribution >= 0.6 is 0 Å². The highest BCUT2D eigenvalue weighted by molar-refractivity contribution is 5.95. The van der Waals surface area contributed by atoms with Crippen molar-refractivity contribution in [2.24, 2.45) is 0 Å². The minimum atomic E-state index is 0.179. The predicted molar refractivity (Wildman–Crippen MR) is 72.2 cm³/mol. The molecule has 1 aliphatic heterocycles. The summed E-state index contributed by atoms with van der Waals surface area (Å²) in [6.45, 7) is 6.00. The fraction of sp³-hybridized carbons (Fsp3) is 0.533. The van der Waals surface area contributed by atoms with E-state index in [1.54, 1.807) is 0 Å². The lowest BCUT2D eigenvalue weighted by atomic mass is 10.1. The average molecular weight is 247 g/mol. The Morgan fingerprint density at radius 1 is 1.22 bits per heavy atom. The normalized spacial score (nSPS) is 15.8. The summed E-state index contributed by atoms with van der Waals surface area (Å²) >= 11 is 0. The van der Waals surface area contributed by atoms with Gasteiger partial charge in [-0.15, -0.1) is 0 Å². The van der Waals surface area contributed by atoms with E-state index < -0.39 is 0 Å². The zero-order valence-corrected chi connectivity index (χ0v) is 11.0. The van der Waals surface area contributed by atoms with E-state index in [1.165, 1.54) is 25.9 Å². The summed E-state index contributed by atoms with van der Waals surface area (Å²) in [6.07, 6.45) is 3.18. The smallest absolute Gasteiger partial charge is 0.162 e. The SMILES string of the molecule is CCC(=O)c1ccc(OCCN2CCCC2)cc1. The second-order valence-corrected chi connectivity index (χ2v) is 4.70. The first-order valence-electron chi connectivity index (χ1n) is 6.78. The van der Waals surface area contributed by atoms with Gasteiger partial charge in [-0.05, 0) is 50.2 Å². The van der Waals surface area contributed by atoms with Gasteiger partial charge in [0.15, 0.2) is 5.78 Å². The van der Waals surface area contributed by atoms with Crippen molar-refractivity contribution in [3.63, 3.8) is 0 Å². The maximum Gasteiger partial charge on any atom is 0.162 e. The van der Waals surface area contributed by atoms with Gasteiger partial charge < -0.3 is 4.74 Å². The van der Waals surface area contributed by atoms with Crippen LogP contribution in [0.15, 0.2) is 24.3 Å². The summed E-state index contributed by atoms with van der Waals surface area (Å²) in [6, 6.07) is 7.45. The zero-order chi connectivity index (χ0) is 12.8. The number of rotatable bonds is 6. The number of nitrogens with zero attached hydrogens (tertiary/aromatic N) is 1. The first-order valence-corrected chi connectivity index (χ1v) is 6.78. The molecule has 2 rings (SSSR count). The third-order valence-corrected chi connectivity index (χ3v) is 3.37. The summed E-state index contributed by atoms with van der Waals surface area (Å²) < 4.78 is 5.68. The van der Waals surface area contributed by atoms with Crippen LogP contribution in [0.3, 0.4) is 0 Å². The molecule has 3 heteroatoms. The lowest BCUT2D eigenvalue weighted by Crippen LogP contribution is -2.25. The molecular formula is C15H21NO2. The Hall–Kier alpha value is -1.35. The summed E-state index contributed by atoms with van der Waals surface area (Å²) in [4.78, 5) is 13.9. The van der Waals surface area contributed by atoms with Crippen molar-refractivity contribution in [3.8, 4) is 5.75 Å². The molecule has 0 atom stereocenters. The van der Waals surface area contributed by atoms with Gasteiger partial charge >= 0.3 is 0 Å². The van der Waals surface area contributed by atoms with Gasteiger partial charge in [0.1, 0.15) is 12.4 Å². The lowest BCUT2D eigenvalue weighted by Gasteiger charge is -2.14. The van der Waals surface area contributed by atoms with Crippen LogP contribution < -0.4 is 4.74 Å². The number of carbonyl (C=O) groups is 1. The molecule has 1 aromatic rings. The highest BCUT2D eigenvalue weighted by atomic mass is 16.5. The molecule has 18 heavy (non-hydrogen) atoms. The number of ketones is 1. The van der Waals surface area contributed by atoms with E-state index in [4.69, 9.17) is 4.74 Å². The third-order valence-electron chi connectivity index (χ3n) is 3.37. The molecule has 0 saturated carbocycles. The van der Waals surface area contributed by atoms with Crippen LogP contribution in [0, 0.1) is 0 Å². The largest absolute Gasteiger partial charge is 0.492 e. The maximum absolute atomic E-state index is 11.5. The molecule has 1 saturated heterocycles. The van der Waals surface area contributed by atoms with Crippen molar-refractivity contribution < 1.29 is 9.53 Å². The molecule has 0 radical (unpaired) electrons. The van der Waals surface area contributed by atoms with Crippen molar-refractivity contribution in [3.05, 3.63) is 29.8 Å². The van der Waals surface area contributed by atoms with Crippen molar-refractivity contribution in [1.82, 2.24) is 4.90 Å². The Labute approximate surface area is 109 Å². The molecule has 0 unspecified atom stereocenters. The van der Waals surface area contributed by atoms with Crippen LogP contribution in [0.25, 0.3) is 0 Å². The fourth-order valence-corrected chi connectivity index (χ4v) is 2.24. The highest BCUT2D eigenvalue weighted by Gasteiger charge is 2.10. The van der Waals surface area contributed by atoms with Gasteiger partial charge in [-0.2, -0.15) is 0 Å². The Kier molecular flexibility index (Phi) is 4.76. The molecule has 98 valence electrons. The van der Waals surface area contributed by atoms with Crippen molar-refractivity contribution in [2.45, 2.75) is 26.2 Å². The van der Waals surface area contributed by atoms with Gasteiger partial charge in [-0.25, -0.2) is 0 Å². The first kappa shape index (κ1) is 13.1. The lowest BCUT2D eigenvalue weighted by molar-refractivity contribution is 0.0988. The Balaban J connectivity index is 1.77. The molecule has 0 bridgehead atoms. The molecule has 1 heterocycles. The number of benzene rings is 1. The Morgan fingerprint density at radius 2 is 1.89 bits per heavy atom. The number of likely N-dealkylation sites (tertiary alicyclic amines) is 1. The van der Waals surface area contributed by atoms with E-state index >= 15 is 0 Å². The Bertz CT molecular complexity index is 380. The number of hydrogen-bond donors (Lipinski definition) is 0. The van der Waals surface area contributed by atoms with Gasteiger partial charge in [0.2, 0.25) is 0 Å².